The molecule has 0 spiro atoms. The normalized spacial score (nSPS) is 20.5. The molecule has 0 radical (unpaired) electrons. The summed E-state index contributed by atoms with van der Waals surface area (Å²) >= 11 is 0. The van der Waals surface area contributed by atoms with Crippen LogP contribution in [0.15, 0.2) is 89.3 Å². The first kappa shape index (κ1) is 25.8. The lowest BCUT2D eigenvalue weighted by Gasteiger charge is -2.38. The third kappa shape index (κ3) is 7.13. The number of aliphatic hydroxyl groups is 1. The zero-order valence-corrected chi connectivity index (χ0v) is 23.7. The Morgan fingerprint density at radius 3 is 2.45 bits per heavy atom. The number of hydrogen-bond donors (Lipinski definition) is 2. The van der Waals surface area contributed by atoms with Crippen LogP contribution in [0.3, 0.4) is 0 Å². The molecule has 0 fully saturated rings. The summed E-state index contributed by atoms with van der Waals surface area (Å²) in [7, 11) is -4.40. The number of hydrogen-bond acceptors (Lipinski definition) is 6. The molecule has 7 nitrogen and oxygen atoms in total. The zero-order chi connectivity index (χ0) is 34.1. The van der Waals surface area contributed by atoms with Gasteiger partial charge in [-0.05, 0) is 61.0 Å². The molecule has 1 aliphatic rings. The van der Waals surface area contributed by atoms with E-state index < -0.39 is 69.2 Å². The SMILES string of the molecule is [2H]C([2H])(C)C([2H])([2H])[C@]1(CCc2ccccc2)CC(O)=C([C@@H](CC)c2cccc(NS(=O)(=O)c3ccc(C(F)(F)F)cn3)c2)C(=O)O1. The second-order valence-corrected chi connectivity index (χ2v) is 11.5. The standard InChI is InChI=1S/C31H33F3N2O5S/c1-3-16-30(17-15-21-9-6-5-7-10-21)19-26(37)28(29(38)41-30)25(4-2)22-11-8-12-24(18-22)36-42(39,40)27-14-13-23(20-35-27)31(32,33)34/h5-14,18,20,25,36-37H,3-4,15-17,19H2,1-2H3/t25-,30-/m0/s1/i3D2,16D2. The molecule has 42 heavy (non-hydrogen) atoms. The van der Waals surface area contributed by atoms with Crippen LogP contribution in [0.2, 0.25) is 0 Å². The fourth-order valence-electron chi connectivity index (χ4n) is 4.93. The Balaban J connectivity index is 1.66. The molecule has 2 aromatic carbocycles. The number of aryl methyl sites for hydroxylation is 1. The first-order valence-electron chi connectivity index (χ1n) is 15.2. The Bertz CT molecular complexity index is 1710. The van der Waals surface area contributed by atoms with Gasteiger partial charge in [0.2, 0.25) is 0 Å². The molecule has 2 N–H and O–H groups in total. The first-order valence-corrected chi connectivity index (χ1v) is 14.6. The van der Waals surface area contributed by atoms with Crippen LogP contribution in [0.25, 0.3) is 0 Å². The number of halogens is 3. The van der Waals surface area contributed by atoms with Crippen molar-refractivity contribution in [1.82, 2.24) is 4.98 Å². The van der Waals surface area contributed by atoms with Gasteiger partial charge in [0.25, 0.3) is 10.0 Å². The fraction of sp³-hybridized carbons (Fsp3) is 0.355. The number of rotatable bonds is 11. The number of ether oxygens (including phenoxy) is 1. The van der Waals surface area contributed by atoms with Gasteiger partial charge in [0.15, 0.2) is 5.03 Å². The summed E-state index contributed by atoms with van der Waals surface area (Å²) in [5.74, 6) is -2.33. The van der Waals surface area contributed by atoms with E-state index in [1.165, 1.54) is 18.2 Å². The van der Waals surface area contributed by atoms with Crippen LogP contribution in [0, 0.1) is 0 Å². The van der Waals surface area contributed by atoms with Crippen LogP contribution in [-0.4, -0.2) is 30.1 Å². The van der Waals surface area contributed by atoms with Crippen molar-refractivity contribution >= 4 is 21.7 Å². The van der Waals surface area contributed by atoms with E-state index in [4.69, 9.17) is 10.2 Å². The molecule has 2 heterocycles. The van der Waals surface area contributed by atoms with Crippen molar-refractivity contribution in [2.24, 2.45) is 0 Å². The van der Waals surface area contributed by atoms with Crippen LogP contribution in [0.1, 0.15) is 73.9 Å². The van der Waals surface area contributed by atoms with Gasteiger partial charge in [0.05, 0.1) is 11.1 Å². The summed E-state index contributed by atoms with van der Waals surface area (Å²) in [5, 5.41) is 10.7. The number of nitrogens with zero attached hydrogens (tertiary/aromatic N) is 1. The Kier molecular flexibility index (Phi) is 7.72. The molecule has 0 aliphatic carbocycles. The van der Waals surface area contributed by atoms with E-state index in [1.807, 2.05) is 0 Å². The molecule has 0 bridgehead atoms. The number of nitrogens with one attached hydrogen (secondary N) is 1. The largest absolute Gasteiger partial charge is 0.512 e. The van der Waals surface area contributed by atoms with E-state index in [9.17, 15) is 31.5 Å². The molecule has 0 saturated heterocycles. The van der Waals surface area contributed by atoms with Crippen LogP contribution in [0.5, 0.6) is 0 Å². The number of sulfonamides is 1. The summed E-state index contributed by atoms with van der Waals surface area (Å²) in [6.07, 6.45) is -9.61. The molecule has 0 amide bonds. The molecule has 1 aliphatic heterocycles. The Labute approximate surface area is 249 Å². The number of carbonyl (C=O) groups excluding carboxylic acids is 1. The topological polar surface area (TPSA) is 106 Å². The Morgan fingerprint density at radius 1 is 1.12 bits per heavy atom. The number of esters is 1. The lowest BCUT2D eigenvalue weighted by Crippen LogP contribution is -2.41. The average molecular weight is 607 g/mol. The monoisotopic (exact) mass is 606 g/mol. The molecule has 1 aromatic heterocycles. The zero-order valence-electron chi connectivity index (χ0n) is 26.9. The van der Waals surface area contributed by atoms with Crippen molar-refractivity contribution < 1.29 is 41.7 Å². The van der Waals surface area contributed by atoms with Crippen LogP contribution in [0.4, 0.5) is 18.9 Å². The maximum Gasteiger partial charge on any atom is 0.417 e. The van der Waals surface area contributed by atoms with Crippen molar-refractivity contribution in [3.05, 3.63) is 101 Å². The highest BCUT2D eigenvalue weighted by molar-refractivity contribution is 7.92. The van der Waals surface area contributed by atoms with E-state index in [0.29, 0.717) is 17.8 Å². The van der Waals surface area contributed by atoms with Gasteiger partial charge in [-0.2, -0.15) is 21.6 Å². The lowest BCUT2D eigenvalue weighted by atomic mass is 9.80. The number of alkyl halides is 3. The Morgan fingerprint density at radius 2 is 1.86 bits per heavy atom. The molecule has 11 heteroatoms. The van der Waals surface area contributed by atoms with Gasteiger partial charge < -0.3 is 9.84 Å². The molecule has 224 valence electrons. The van der Waals surface area contributed by atoms with Crippen molar-refractivity contribution in [3.8, 4) is 0 Å². The number of carbonyl (C=O) groups is 1. The maximum absolute atomic E-state index is 13.6. The van der Waals surface area contributed by atoms with E-state index in [1.54, 1.807) is 43.3 Å². The van der Waals surface area contributed by atoms with Gasteiger partial charge in [-0.1, -0.05) is 62.7 Å². The number of anilines is 1. The minimum atomic E-state index is -4.70. The summed E-state index contributed by atoms with van der Waals surface area (Å²) < 4.78 is 106. The predicted octanol–water partition coefficient (Wildman–Crippen LogP) is 7.33. The van der Waals surface area contributed by atoms with Crippen LogP contribution < -0.4 is 4.72 Å². The number of cyclic esters (lactones) is 1. The van der Waals surface area contributed by atoms with Crippen molar-refractivity contribution in [2.75, 3.05) is 4.72 Å². The molecule has 0 saturated carbocycles. The second-order valence-electron chi connectivity index (χ2n) is 9.86. The third-order valence-electron chi connectivity index (χ3n) is 6.92. The minimum Gasteiger partial charge on any atom is -0.512 e. The summed E-state index contributed by atoms with van der Waals surface area (Å²) in [6.45, 7) is 2.76. The number of benzene rings is 2. The highest BCUT2D eigenvalue weighted by Gasteiger charge is 2.43. The van der Waals surface area contributed by atoms with Crippen molar-refractivity contribution in [1.29, 1.82) is 0 Å². The minimum absolute atomic E-state index is 0.00892. The van der Waals surface area contributed by atoms with Crippen LogP contribution >= 0.6 is 0 Å². The molecular weight excluding hydrogens is 569 g/mol. The van der Waals surface area contributed by atoms with Crippen molar-refractivity contribution in [3.63, 3.8) is 0 Å². The quantitative estimate of drug-likeness (QED) is 0.222. The lowest BCUT2D eigenvalue weighted by molar-refractivity contribution is -0.161. The molecule has 4 rings (SSSR count). The Hall–Kier alpha value is -3.86. The molecule has 2 atom stereocenters. The fourth-order valence-corrected chi connectivity index (χ4v) is 5.91. The molecule has 0 unspecified atom stereocenters. The summed E-state index contributed by atoms with van der Waals surface area (Å²) in [6, 6.07) is 16.2. The van der Waals surface area contributed by atoms with E-state index in [2.05, 4.69) is 9.71 Å². The molecule has 3 aromatic rings. The smallest absolute Gasteiger partial charge is 0.417 e. The van der Waals surface area contributed by atoms with E-state index in [-0.39, 0.29) is 30.5 Å². The third-order valence-corrected chi connectivity index (χ3v) is 8.22. The van der Waals surface area contributed by atoms with Gasteiger partial charge in [0.1, 0.15) is 11.4 Å². The van der Waals surface area contributed by atoms with Gasteiger partial charge in [0, 0.05) is 29.7 Å². The number of aliphatic hydroxyl groups excluding tert-OH is 1. The van der Waals surface area contributed by atoms with Gasteiger partial charge in [-0.25, -0.2) is 9.78 Å². The first-order chi connectivity index (χ1) is 21.3. The van der Waals surface area contributed by atoms with E-state index in [0.717, 1.165) is 18.6 Å². The van der Waals surface area contributed by atoms with Crippen LogP contribution in [-0.2, 0) is 32.2 Å². The molecular formula is C31H33F3N2O5S. The van der Waals surface area contributed by atoms with Crippen molar-refractivity contribution in [2.45, 2.75) is 75.0 Å². The summed E-state index contributed by atoms with van der Waals surface area (Å²) in [4.78, 5) is 17.1. The maximum atomic E-state index is 13.6. The van der Waals surface area contributed by atoms with Gasteiger partial charge in [-0.3, -0.25) is 4.72 Å². The van der Waals surface area contributed by atoms with Gasteiger partial charge >= 0.3 is 12.1 Å². The summed E-state index contributed by atoms with van der Waals surface area (Å²) in [5.41, 5.74) is -2.14. The highest BCUT2D eigenvalue weighted by Crippen LogP contribution is 2.42. The highest BCUT2D eigenvalue weighted by atomic mass is 32.2. The second kappa shape index (κ2) is 12.6. The average Bonchev–Trinajstić information content (AvgIpc) is 2.97. The number of pyridine rings is 1. The predicted molar refractivity (Wildman–Crippen MR) is 152 cm³/mol. The van der Waals surface area contributed by atoms with Gasteiger partial charge in [-0.15, -0.1) is 0 Å². The number of aromatic nitrogens is 1. The van der Waals surface area contributed by atoms with E-state index >= 15 is 0 Å².